The van der Waals surface area contributed by atoms with Gasteiger partial charge in [0.25, 0.3) is 0 Å². The van der Waals surface area contributed by atoms with Crippen molar-refractivity contribution >= 4 is 5.82 Å². The molecule has 0 spiro atoms. The zero-order valence-electron chi connectivity index (χ0n) is 11.3. The topological polar surface area (TPSA) is 57.4 Å². The van der Waals surface area contributed by atoms with E-state index in [-0.39, 0.29) is 0 Å². The minimum absolute atomic E-state index is 0.662. The summed E-state index contributed by atoms with van der Waals surface area (Å²) in [6.45, 7) is 3.18. The number of anilines is 1. The van der Waals surface area contributed by atoms with Crippen LogP contribution in [0.3, 0.4) is 0 Å². The first-order chi connectivity index (χ1) is 8.69. The fraction of sp³-hybridized carbons (Fsp3) is 0.615. The van der Waals surface area contributed by atoms with Crippen molar-refractivity contribution in [3.8, 4) is 0 Å². The van der Waals surface area contributed by atoms with E-state index in [0.29, 0.717) is 6.04 Å². The fourth-order valence-corrected chi connectivity index (χ4v) is 2.47. The molecule has 1 saturated heterocycles. The smallest absolute Gasteiger partial charge is 0.140 e. The predicted octanol–water partition coefficient (Wildman–Crippen LogP) is 0.893. The summed E-state index contributed by atoms with van der Waals surface area (Å²) in [4.78, 5) is 9.25. The standard InChI is InChI=1S/C13H23N5/c1-17(2)12-6-4-8-18(10-12)9-11-5-3-7-13(15-11)16-14/h3,5,7,12H,4,6,8-10,14H2,1-2H3,(H,15,16). The van der Waals surface area contributed by atoms with Crippen LogP contribution in [0.1, 0.15) is 18.5 Å². The Hall–Kier alpha value is -1.17. The van der Waals surface area contributed by atoms with E-state index in [0.717, 1.165) is 31.1 Å². The summed E-state index contributed by atoms with van der Waals surface area (Å²) in [7, 11) is 4.32. The zero-order chi connectivity index (χ0) is 13.0. The second-order valence-electron chi connectivity index (χ2n) is 5.15. The van der Waals surface area contributed by atoms with E-state index in [1.807, 2.05) is 12.1 Å². The molecule has 1 aromatic rings. The molecule has 3 N–H and O–H groups in total. The Labute approximate surface area is 109 Å². The molecule has 0 aliphatic carbocycles. The highest BCUT2D eigenvalue weighted by molar-refractivity contribution is 5.33. The van der Waals surface area contributed by atoms with Crippen LogP contribution >= 0.6 is 0 Å². The SMILES string of the molecule is CN(C)C1CCCN(Cc2cccc(NN)n2)C1. The molecule has 1 aromatic heterocycles. The van der Waals surface area contributed by atoms with Gasteiger partial charge in [0.2, 0.25) is 0 Å². The third-order valence-corrected chi connectivity index (χ3v) is 3.55. The molecule has 0 amide bonds. The molecule has 18 heavy (non-hydrogen) atoms. The summed E-state index contributed by atoms with van der Waals surface area (Å²) in [5.41, 5.74) is 3.67. The van der Waals surface area contributed by atoms with Crippen molar-refractivity contribution in [2.75, 3.05) is 32.6 Å². The summed E-state index contributed by atoms with van der Waals surface area (Å²) in [6.07, 6.45) is 2.55. The number of rotatable bonds is 4. The van der Waals surface area contributed by atoms with E-state index >= 15 is 0 Å². The Morgan fingerprint density at radius 3 is 3.06 bits per heavy atom. The van der Waals surface area contributed by atoms with Crippen LogP contribution in [-0.2, 0) is 6.54 Å². The Bertz CT molecular complexity index is 379. The van der Waals surface area contributed by atoms with Gasteiger partial charge < -0.3 is 10.3 Å². The maximum atomic E-state index is 5.38. The summed E-state index contributed by atoms with van der Waals surface area (Å²) < 4.78 is 0. The summed E-state index contributed by atoms with van der Waals surface area (Å²) >= 11 is 0. The van der Waals surface area contributed by atoms with Gasteiger partial charge in [0, 0.05) is 19.1 Å². The molecule has 0 saturated carbocycles. The maximum Gasteiger partial charge on any atom is 0.140 e. The normalized spacial score (nSPS) is 21.2. The van der Waals surface area contributed by atoms with Crippen LogP contribution in [-0.4, -0.2) is 48.0 Å². The van der Waals surface area contributed by atoms with Gasteiger partial charge in [0.15, 0.2) is 0 Å². The highest BCUT2D eigenvalue weighted by Gasteiger charge is 2.21. The van der Waals surface area contributed by atoms with Gasteiger partial charge >= 0.3 is 0 Å². The quantitative estimate of drug-likeness (QED) is 0.613. The van der Waals surface area contributed by atoms with Gasteiger partial charge in [0.1, 0.15) is 5.82 Å². The van der Waals surface area contributed by atoms with E-state index in [9.17, 15) is 0 Å². The zero-order valence-corrected chi connectivity index (χ0v) is 11.3. The van der Waals surface area contributed by atoms with E-state index < -0.39 is 0 Å². The second-order valence-corrected chi connectivity index (χ2v) is 5.15. The summed E-state index contributed by atoms with van der Waals surface area (Å²) in [5.74, 6) is 6.11. The minimum Gasteiger partial charge on any atom is -0.308 e. The average molecular weight is 249 g/mol. The van der Waals surface area contributed by atoms with E-state index in [4.69, 9.17) is 5.84 Å². The second kappa shape index (κ2) is 6.13. The fourth-order valence-electron chi connectivity index (χ4n) is 2.47. The van der Waals surface area contributed by atoms with Gasteiger partial charge in [-0.25, -0.2) is 10.8 Å². The minimum atomic E-state index is 0.662. The van der Waals surface area contributed by atoms with Crippen LogP contribution in [0.15, 0.2) is 18.2 Å². The van der Waals surface area contributed by atoms with Gasteiger partial charge in [-0.15, -0.1) is 0 Å². The van der Waals surface area contributed by atoms with Crippen molar-refractivity contribution in [3.05, 3.63) is 23.9 Å². The van der Waals surface area contributed by atoms with Crippen molar-refractivity contribution in [1.29, 1.82) is 0 Å². The third kappa shape index (κ3) is 3.41. The largest absolute Gasteiger partial charge is 0.308 e. The molecule has 5 heteroatoms. The average Bonchev–Trinajstić information content (AvgIpc) is 2.39. The Kier molecular flexibility index (Phi) is 4.52. The van der Waals surface area contributed by atoms with E-state index in [1.54, 1.807) is 0 Å². The first-order valence-corrected chi connectivity index (χ1v) is 6.50. The van der Waals surface area contributed by atoms with Crippen LogP contribution in [0, 0.1) is 0 Å². The van der Waals surface area contributed by atoms with Gasteiger partial charge in [-0.1, -0.05) is 6.07 Å². The van der Waals surface area contributed by atoms with Crippen molar-refractivity contribution in [1.82, 2.24) is 14.8 Å². The molecule has 1 fully saturated rings. The number of nitrogens with zero attached hydrogens (tertiary/aromatic N) is 3. The van der Waals surface area contributed by atoms with Crippen molar-refractivity contribution in [3.63, 3.8) is 0 Å². The molecule has 0 bridgehead atoms. The number of nitrogen functional groups attached to an aromatic ring is 1. The number of piperidine rings is 1. The molecule has 100 valence electrons. The number of hydrazine groups is 1. The van der Waals surface area contributed by atoms with E-state index in [2.05, 4.69) is 40.4 Å². The maximum absolute atomic E-state index is 5.38. The van der Waals surface area contributed by atoms with Gasteiger partial charge in [-0.05, 0) is 45.6 Å². The molecule has 2 heterocycles. The lowest BCUT2D eigenvalue weighted by atomic mass is 10.0. The molecule has 5 nitrogen and oxygen atoms in total. The summed E-state index contributed by atoms with van der Waals surface area (Å²) in [6, 6.07) is 6.59. The molecule has 1 atom stereocenters. The lowest BCUT2D eigenvalue weighted by Crippen LogP contribution is -2.44. The summed E-state index contributed by atoms with van der Waals surface area (Å²) in [5, 5.41) is 0. The Morgan fingerprint density at radius 1 is 1.50 bits per heavy atom. The molecule has 1 aliphatic rings. The molecule has 2 rings (SSSR count). The number of nitrogens with one attached hydrogen (secondary N) is 1. The molecular weight excluding hydrogens is 226 g/mol. The monoisotopic (exact) mass is 249 g/mol. The molecule has 1 aliphatic heterocycles. The van der Waals surface area contributed by atoms with Crippen LogP contribution in [0.2, 0.25) is 0 Å². The Balaban J connectivity index is 1.95. The molecule has 0 aromatic carbocycles. The first-order valence-electron chi connectivity index (χ1n) is 6.50. The lowest BCUT2D eigenvalue weighted by Gasteiger charge is -2.35. The predicted molar refractivity (Wildman–Crippen MR) is 74.0 cm³/mol. The number of likely N-dealkylation sites (tertiary alicyclic amines) is 1. The number of pyridine rings is 1. The van der Waals surface area contributed by atoms with Gasteiger partial charge in [-0.2, -0.15) is 0 Å². The first kappa shape index (κ1) is 13.3. The van der Waals surface area contributed by atoms with E-state index in [1.165, 1.54) is 12.8 Å². The van der Waals surface area contributed by atoms with Crippen molar-refractivity contribution in [2.45, 2.75) is 25.4 Å². The van der Waals surface area contributed by atoms with Crippen molar-refractivity contribution < 1.29 is 0 Å². The lowest BCUT2D eigenvalue weighted by molar-refractivity contribution is 0.127. The van der Waals surface area contributed by atoms with Crippen LogP contribution < -0.4 is 11.3 Å². The van der Waals surface area contributed by atoms with Gasteiger partial charge in [0.05, 0.1) is 5.69 Å². The third-order valence-electron chi connectivity index (χ3n) is 3.55. The molecule has 0 radical (unpaired) electrons. The number of hydrogen-bond acceptors (Lipinski definition) is 5. The molecular formula is C13H23N5. The Morgan fingerprint density at radius 2 is 2.33 bits per heavy atom. The highest BCUT2D eigenvalue weighted by atomic mass is 15.3. The number of nitrogens with two attached hydrogens (primary N) is 1. The van der Waals surface area contributed by atoms with Crippen molar-refractivity contribution in [2.24, 2.45) is 5.84 Å². The number of hydrogen-bond donors (Lipinski definition) is 2. The van der Waals surface area contributed by atoms with Crippen LogP contribution in [0.4, 0.5) is 5.82 Å². The number of likely N-dealkylation sites (N-methyl/N-ethyl adjacent to an activating group) is 1. The number of aromatic nitrogens is 1. The van der Waals surface area contributed by atoms with Gasteiger partial charge in [-0.3, -0.25) is 4.90 Å². The van der Waals surface area contributed by atoms with Crippen LogP contribution in [0.5, 0.6) is 0 Å². The molecule has 1 unspecified atom stereocenters. The highest BCUT2D eigenvalue weighted by Crippen LogP contribution is 2.16. The van der Waals surface area contributed by atoms with Crippen LogP contribution in [0.25, 0.3) is 0 Å².